The number of amides is 1. The van der Waals surface area contributed by atoms with Crippen LogP contribution in [0.15, 0.2) is 10.4 Å². The van der Waals surface area contributed by atoms with Gasteiger partial charge in [-0.2, -0.15) is 0 Å². The van der Waals surface area contributed by atoms with Gasteiger partial charge >= 0.3 is 0 Å². The summed E-state index contributed by atoms with van der Waals surface area (Å²) in [6, 6.07) is 0.141. The van der Waals surface area contributed by atoms with Crippen molar-refractivity contribution in [1.29, 1.82) is 0 Å². The first-order valence-corrected chi connectivity index (χ1v) is 7.42. The van der Waals surface area contributed by atoms with E-state index in [-0.39, 0.29) is 18.5 Å². The van der Waals surface area contributed by atoms with Crippen molar-refractivity contribution in [3.8, 4) is 0 Å². The van der Waals surface area contributed by atoms with Gasteiger partial charge in [-0.3, -0.25) is 9.79 Å². The number of aromatic nitrogens is 1. The summed E-state index contributed by atoms with van der Waals surface area (Å²) in [5, 5.41) is 8.95. The van der Waals surface area contributed by atoms with Gasteiger partial charge in [0.05, 0.1) is 23.8 Å². The van der Waals surface area contributed by atoms with Crippen molar-refractivity contribution in [3.05, 3.63) is 16.1 Å². The fourth-order valence-electron chi connectivity index (χ4n) is 1.72. The third kappa shape index (κ3) is 5.56. The van der Waals surface area contributed by atoms with Crippen molar-refractivity contribution in [2.45, 2.75) is 33.4 Å². The second-order valence-electron chi connectivity index (χ2n) is 4.84. The van der Waals surface area contributed by atoms with Gasteiger partial charge in [0.2, 0.25) is 5.91 Å². The molecule has 0 aliphatic carbocycles. The van der Waals surface area contributed by atoms with Gasteiger partial charge in [0, 0.05) is 25.5 Å². The van der Waals surface area contributed by atoms with E-state index in [1.54, 1.807) is 18.4 Å². The molecule has 1 amide bonds. The zero-order chi connectivity index (χ0) is 15.1. The first kappa shape index (κ1) is 16.4. The maximum atomic E-state index is 11.6. The van der Waals surface area contributed by atoms with Crippen LogP contribution in [0.2, 0.25) is 0 Å². The fourth-order valence-corrected chi connectivity index (χ4v) is 2.32. The van der Waals surface area contributed by atoms with Gasteiger partial charge in [-0.05, 0) is 20.8 Å². The molecule has 1 aromatic heterocycles. The molecule has 0 unspecified atom stereocenters. The Kier molecular flexibility index (Phi) is 6.44. The number of aliphatic imine (C=N–C) groups is 1. The second-order valence-corrected chi connectivity index (χ2v) is 5.90. The number of guanidine groups is 1. The predicted molar refractivity (Wildman–Crippen MR) is 83.0 cm³/mol. The molecule has 0 spiro atoms. The average molecular weight is 297 g/mol. The number of hydrogen-bond donors (Lipinski definition) is 2. The van der Waals surface area contributed by atoms with Crippen LogP contribution in [0.3, 0.4) is 0 Å². The molecule has 0 atom stereocenters. The summed E-state index contributed by atoms with van der Waals surface area (Å²) in [5.74, 6) is 0.633. The first-order valence-electron chi connectivity index (χ1n) is 6.54. The molecule has 0 aromatic carbocycles. The SMILES string of the molecule is CN=C(NCC(=O)NC(C)C)N(C)Cc1csc(C)n1. The van der Waals surface area contributed by atoms with Gasteiger partial charge in [-0.1, -0.05) is 0 Å². The van der Waals surface area contributed by atoms with Gasteiger partial charge in [0.15, 0.2) is 5.96 Å². The van der Waals surface area contributed by atoms with Gasteiger partial charge in [-0.15, -0.1) is 11.3 Å². The summed E-state index contributed by atoms with van der Waals surface area (Å²) < 4.78 is 0. The standard InChI is InChI=1S/C13H23N5OS/c1-9(2)16-12(19)6-15-13(14-4)18(5)7-11-8-20-10(3)17-11/h8-9H,6-7H2,1-5H3,(H,14,15)(H,16,19). The molecule has 0 saturated heterocycles. The van der Waals surface area contributed by atoms with E-state index in [0.29, 0.717) is 12.5 Å². The minimum absolute atomic E-state index is 0.0425. The molecule has 2 N–H and O–H groups in total. The number of hydrogen-bond acceptors (Lipinski definition) is 4. The zero-order valence-electron chi connectivity index (χ0n) is 12.7. The Hall–Kier alpha value is -1.63. The second kappa shape index (κ2) is 7.84. The molecule has 0 aliphatic rings. The van der Waals surface area contributed by atoms with E-state index in [9.17, 15) is 4.79 Å². The topological polar surface area (TPSA) is 69.6 Å². The van der Waals surface area contributed by atoms with Crippen LogP contribution in [0, 0.1) is 6.92 Å². The number of aryl methyl sites for hydroxylation is 1. The molecule has 112 valence electrons. The van der Waals surface area contributed by atoms with Crippen molar-refractivity contribution in [1.82, 2.24) is 20.5 Å². The fraction of sp³-hybridized carbons (Fsp3) is 0.615. The van der Waals surface area contributed by atoms with Gasteiger partial charge in [-0.25, -0.2) is 4.98 Å². The van der Waals surface area contributed by atoms with E-state index in [0.717, 1.165) is 10.7 Å². The van der Waals surface area contributed by atoms with Crippen molar-refractivity contribution >= 4 is 23.2 Å². The summed E-state index contributed by atoms with van der Waals surface area (Å²) >= 11 is 1.63. The Bertz CT molecular complexity index is 469. The predicted octanol–water partition coefficient (Wildman–Crippen LogP) is 0.983. The lowest BCUT2D eigenvalue weighted by molar-refractivity contribution is -0.120. The molecule has 0 fully saturated rings. The highest BCUT2D eigenvalue weighted by atomic mass is 32.1. The monoisotopic (exact) mass is 297 g/mol. The number of thiazole rings is 1. The molecule has 0 radical (unpaired) electrons. The van der Waals surface area contributed by atoms with E-state index >= 15 is 0 Å². The highest BCUT2D eigenvalue weighted by Crippen LogP contribution is 2.09. The minimum atomic E-state index is -0.0425. The maximum Gasteiger partial charge on any atom is 0.239 e. The number of nitrogens with zero attached hydrogens (tertiary/aromatic N) is 3. The van der Waals surface area contributed by atoms with E-state index in [2.05, 4.69) is 20.6 Å². The molecule has 6 nitrogen and oxygen atoms in total. The van der Waals surface area contributed by atoms with Crippen LogP contribution in [-0.2, 0) is 11.3 Å². The summed E-state index contributed by atoms with van der Waals surface area (Å²) in [6.45, 7) is 6.73. The Balaban J connectivity index is 2.47. The molecule has 20 heavy (non-hydrogen) atoms. The smallest absolute Gasteiger partial charge is 0.239 e. The highest BCUT2D eigenvalue weighted by Gasteiger charge is 2.10. The molecular formula is C13H23N5OS. The van der Waals surface area contributed by atoms with Crippen LogP contribution >= 0.6 is 11.3 Å². The van der Waals surface area contributed by atoms with E-state index in [1.807, 2.05) is 38.1 Å². The number of carbonyl (C=O) groups excluding carboxylic acids is 1. The third-order valence-electron chi connectivity index (χ3n) is 2.50. The first-order chi connectivity index (χ1) is 9.42. The van der Waals surface area contributed by atoms with Crippen LogP contribution < -0.4 is 10.6 Å². The van der Waals surface area contributed by atoms with Gasteiger partial charge in [0.25, 0.3) is 0 Å². The molecule has 1 heterocycles. The Morgan fingerprint density at radius 1 is 1.55 bits per heavy atom. The molecule has 1 rings (SSSR count). The summed E-state index contributed by atoms with van der Waals surface area (Å²) in [7, 11) is 3.62. The molecule has 0 saturated carbocycles. The molecule has 0 bridgehead atoms. The lowest BCUT2D eigenvalue weighted by atomic mass is 10.4. The van der Waals surface area contributed by atoms with Crippen molar-refractivity contribution in [2.75, 3.05) is 20.6 Å². The molecule has 7 heteroatoms. The quantitative estimate of drug-likeness (QED) is 0.628. The Morgan fingerprint density at radius 3 is 2.75 bits per heavy atom. The normalized spacial score (nSPS) is 11.6. The van der Waals surface area contributed by atoms with Crippen LogP contribution in [0.25, 0.3) is 0 Å². The number of rotatable bonds is 5. The van der Waals surface area contributed by atoms with E-state index < -0.39 is 0 Å². The maximum absolute atomic E-state index is 11.6. The Morgan fingerprint density at radius 2 is 2.25 bits per heavy atom. The number of nitrogens with one attached hydrogen (secondary N) is 2. The highest BCUT2D eigenvalue weighted by molar-refractivity contribution is 7.09. The van der Waals surface area contributed by atoms with Crippen LogP contribution in [0.4, 0.5) is 0 Å². The van der Waals surface area contributed by atoms with Gasteiger partial charge < -0.3 is 15.5 Å². The Labute approximate surface area is 124 Å². The van der Waals surface area contributed by atoms with E-state index in [1.165, 1.54) is 0 Å². The van der Waals surface area contributed by atoms with Crippen LogP contribution in [-0.4, -0.2) is 48.4 Å². The molecule has 0 aliphatic heterocycles. The minimum Gasteiger partial charge on any atom is -0.352 e. The van der Waals surface area contributed by atoms with E-state index in [4.69, 9.17) is 0 Å². The van der Waals surface area contributed by atoms with Crippen molar-refractivity contribution in [2.24, 2.45) is 4.99 Å². The van der Waals surface area contributed by atoms with Crippen molar-refractivity contribution < 1.29 is 4.79 Å². The summed E-state index contributed by atoms with van der Waals surface area (Å²) in [4.78, 5) is 22.1. The lowest BCUT2D eigenvalue weighted by Gasteiger charge is -2.21. The lowest BCUT2D eigenvalue weighted by Crippen LogP contribution is -2.45. The molecular weight excluding hydrogens is 274 g/mol. The summed E-state index contributed by atoms with van der Waals surface area (Å²) in [5.41, 5.74) is 1.00. The largest absolute Gasteiger partial charge is 0.352 e. The van der Waals surface area contributed by atoms with Crippen molar-refractivity contribution in [3.63, 3.8) is 0 Å². The van der Waals surface area contributed by atoms with Crippen LogP contribution in [0.5, 0.6) is 0 Å². The number of carbonyl (C=O) groups is 1. The molecule has 1 aromatic rings. The third-order valence-corrected chi connectivity index (χ3v) is 3.32. The van der Waals surface area contributed by atoms with Crippen LogP contribution in [0.1, 0.15) is 24.5 Å². The summed E-state index contributed by atoms with van der Waals surface area (Å²) in [6.07, 6.45) is 0. The van der Waals surface area contributed by atoms with Gasteiger partial charge in [0.1, 0.15) is 0 Å². The average Bonchev–Trinajstić information content (AvgIpc) is 2.74. The zero-order valence-corrected chi connectivity index (χ0v) is 13.5.